The van der Waals surface area contributed by atoms with Gasteiger partial charge in [0.2, 0.25) is 0 Å². The van der Waals surface area contributed by atoms with Crippen LogP contribution >= 0.6 is 0 Å². The Bertz CT molecular complexity index is 2370. The van der Waals surface area contributed by atoms with E-state index in [1.807, 2.05) is 0 Å². The molecular formula is C39H23N. The molecule has 0 bridgehead atoms. The maximum atomic E-state index is 2.50. The standard InChI is InChI=1S/C39H23N/c1-2-12-27(13-3-1)39-31-15-7-6-14-29(31)30-20-22-34-37(38(30)39)36-33(21-18-25-11-8-16-32(39)35(25)36)40(34)28-19-17-24-9-4-5-10-26(24)23-28/h1-23H. The molecule has 0 aliphatic heterocycles. The van der Waals surface area contributed by atoms with Crippen molar-refractivity contribution >= 4 is 43.4 Å². The first-order valence-electron chi connectivity index (χ1n) is 14.0. The van der Waals surface area contributed by atoms with E-state index in [1.165, 1.54) is 82.4 Å². The highest BCUT2D eigenvalue weighted by molar-refractivity contribution is 6.28. The van der Waals surface area contributed by atoms with Gasteiger partial charge in [-0.25, -0.2) is 0 Å². The second-order valence-corrected chi connectivity index (χ2v) is 11.3. The van der Waals surface area contributed by atoms with Gasteiger partial charge in [-0.15, -0.1) is 0 Å². The molecule has 0 saturated heterocycles. The Morgan fingerprint density at radius 3 is 2.05 bits per heavy atom. The van der Waals surface area contributed by atoms with Gasteiger partial charge in [0, 0.05) is 16.5 Å². The van der Waals surface area contributed by atoms with Gasteiger partial charge in [-0.05, 0) is 79.2 Å². The fourth-order valence-corrected chi connectivity index (χ4v) is 8.09. The molecule has 1 unspecified atom stereocenters. The van der Waals surface area contributed by atoms with Crippen LogP contribution in [0.5, 0.6) is 0 Å². The number of aromatic nitrogens is 1. The number of hydrogen-bond donors (Lipinski definition) is 0. The van der Waals surface area contributed by atoms with Crippen molar-refractivity contribution < 1.29 is 0 Å². The lowest BCUT2D eigenvalue weighted by Crippen LogP contribution is -2.30. The van der Waals surface area contributed by atoms with E-state index in [-0.39, 0.29) is 5.41 Å². The van der Waals surface area contributed by atoms with Crippen LogP contribution in [0.4, 0.5) is 0 Å². The fraction of sp³-hybridized carbons (Fsp3) is 0.0256. The van der Waals surface area contributed by atoms with Crippen molar-refractivity contribution in [1.29, 1.82) is 0 Å². The zero-order chi connectivity index (χ0) is 26.0. The Hall–Kier alpha value is -5.14. The third-order valence-electron chi connectivity index (χ3n) is 9.54. The Balaban J connectivity index is 1.48. The monoisotopic (exact) mass is 505 g/mol. The normalized spacial score (nSPS) is 16.6. The number of rotatable bonds is 2. The highest BCUT2D eigenvalue weighted by Crippen LogP contribution is 2.63. The molecule has 0 spiro atoms. The molecule has 1 atom stereocenters. The summed E-state index contributed by atoms with van der Waals surface area (Å²) in [6, 6.07) is 52.1. The summed E-state index contributed by atoms with van der Waals surface area (Å²) < 4.78 is 2.50. The van der Waals surface area contributed by atoms with Crippen molar-refractivity contribution in [3.05, 3.63) is 162 Å². The first kappa shape index (κ1) is 20.8. The minimum atomic E-state index is -0.358. The zero-order valence-electron chi connectivity index (χ0n) is 21.7. The van der Waals surface area contributed by atoms with Gasteiger partial charge >= 0.3 is 0 Å². The van der Waals surface area contributed by atoms with Gasteiger partial charge < -0.3 is 4.57 Å². The van der Waals surface area contributed by atoms with Crippen molar-refractivity contribution in [2.24, 2.45) is 0 Å². The Morgan fingerprint density at radius 2 is 1.12 bits per heavy atom. The second kappa shape index (κ2) is 7.08. The van der Waals surface area contributed by atoms with Crippen LogP contribution < -0.4 is 0 Å². The molecule has 2 aliphatic rings. The Morgan fingerprint density at radius 1 is 0.425 bits per heavy atom. The minimum absolute atomic E-state index is 0.358. The maximum Gasteiger partial charge on any atom is 0.0726 e. The third kappa shape index (κ3) is 2.25. The molecule has 1 heteroatoms. The molecule has 8 aromatic rings. The molecule has 7 aromatic carbocycles. The molecular weight excluding hydrogens is 482 g/mol. The zero-order valence-corrected chi connectivity index (χ0v) is 21.7. The van der Waals surface area contributed by atoms with Gasteiger partial charge in [0.15, 0.2) is 0 Å². The van der Waals surface area contributed by atoms with E-state index in [2.05, 4.69) is 144 Å². The predicted octanol–water partition coefficient (Wildman–Crippen LogP) is 9.77. The minimum Gasteiger partial charge on any atom is -0.309 e. The average molecular weight is 506 g/mol. The van der Waals surface area contributed by atoms with E-state index in [4.69, 9.17) is 0 Å². The third-order valence-corrected chi connectivity index (χ3v) is 9.54. The summed E-state index contributed by atoms with van der Waals surface area (Å²) in [7, 11) is 0. The van der Waals surface area contributed by atoms with Crippen LogP contribution in [0.25, 0.3) is 60.2 Å². The van der Waals surface area contributed by atoms with Crippen LogP contribution in [0, 0.1) is 0 Å². The number of benzene rings is 7. The van der Waals surface area contributed by atoms with Crippen LogP contribution in [0.3, 0.4) is 0 Å². The van der Waals surface area contributed by atoms with Crippen molar-refractivity contribution in [1.82, 2.24) is 4.57 Å². The quantitative estimate of drug-likeness (QED) is 0.220. The van der Waals surface area contributed by atoms with Crippen LogP contribution in [0.2, 0.25) is 0 Å². The lowest BCUT2D eigenvalue weighted by atomic mass is 9.63. The molecule has 0 saturated carbocycles. The number of fused-ring (bicyclic) bond motifs is 5. The van der Waals surface area contributed by atoms with Crippen LogP contribution in [-0.4, -0.2) is 4.57 Å². The number of nitrogens with zero attached hydrogens (tertiary/aromatic N) is 1. The predicted molar refractivity (Wildman–Crippen MR) is 167 cm³/mol. The van der Waals surface area contributed by atoms with Crippen LogP contribution in [0.1, 0.15) is 22.3 Å². The average Bonchev–Trinajstić information content (AvgIpc) is 3.52. The largest absolute Gasteiger partial charge is 0.309 e. The molecule has 1 aromatic heterocycles. The van der Waals surface area contributed by atoms with Crippen molar-refractivity contribution in [3.63, 3.8) is 0 Å². The van der Waals surface area contributed by atoms with Crippen molar-refractivity contribution in [2.45, 2.75) is 5.41 Å². The Labute approximate surface area is 231 Å². The van der Waals surface area contributed by atoms with Crippen molar-refractivity contribution in [3.8, 4) is 16.8 Å². The first-order chi connectivity index (χ1) is 19.9. The smallest absolute Gasteiger partial charge is 0.0726 e. The van der Waals surface area contributed by atoms with E-state index in [0.29, 0.717) is 0 Å². The summed E-state index contributed by atoms with van der Waals surface area (Å²) in [5.41, 5.74) is 11.7. The fourth-order valence-electron chi connectivity index (χ4n) is 8.09. The van der Waals surface area contributed by atoms with E-state index in [9.17, 15) is 0 Å². The molecule has 0 amide bonds. The molecule has 1 nitrogen and oxygen atoms in total. The first-order valence-corrected chi connectivity index (χ1v) is 14.0. The maximum absolute atomic E-state index is 2.50. The van der Waals surface area contributed by atoms with Crippen LogP contribution in [-0.2, 0) is 5.41 Å². The molecule has 0 fully saturated rings. The number of hydrogen-bond acceptors (Lipinski definition) is 0. The highest BCUT2D eigenvalue weighted by Gasteiger charge is 2.50. The molecule has 184 valence electrons. The summed E-state index contributed by atoms with van der Waals surface area (Å²) >= 11 is 0. The summed E-state index contributed by atoms with van der Waals surface area (Å²) in [5, 5.41) is 7.99. The van der Waals surface area contributed by atoms with Crippen LogP contribution in [0.15, 0.2) is 140 Å². The van der Waals surface area contributed by atoms with Gasteiger partial charge in [-0.3, -0.25) is 0 Å². The summed E-state index contributed by atoms with van der Waals surface area (Å²) in [5.74, 6) is 0. The van der Waals surface area contributed by atoms with Gasteiger partial charge in [-0.2, -0.15) is 0 Å². The summed E-state index contributed by atoms with van der Waals surface area (Å²) in [6.45, 7) is 0. The van der Waals surface area contributed by atoms with E-state index >= 15 is 0 Å². The second-order valence-electron chi connectivity index (χ2n) is 11.3. The molecule has 0 radical (unpaired) electrons. The summed E-state index contributed by atoms with van der Waals surface area (Å²) in [4.78, 5) is 0. The summed E-state index contributed by atoms with van der Waals surface area (Å²) in [6.07, 6.45) is 0. The molecule has 2 aliphatic carbocycles. The molecule has 1 heterocycles. The lowest BCUT2D eigenvalue weighted by Gasteiger charge is -2.37. The highest BCUT2D eigenvalue weighted by atomic mass is 15.0. The van der Waals surface area contributed by atoms with E-state index in [0.717, 1.165) is 0 Å². The Kier molecular flexibility index (Phi) is 3.68. The van der Waals surface area contributed by atoms with Gasteiger partial charge in [0.05, 0.1) is 16.4 Å². The lowest BCUT2D eigenvalue weighted by molar-refractivity contribution is 0.782. The van der Waals surface area contributed by atoms with Gasteiger partial charge in [-0.1, -0.05) is 115 Å². The molecule has 10 rings (SSSR count). The molecule has 0 N–H and O–H groups in total. The van der Waals surface area contributed by atoms with Gasteiger partial charge in [0.25, 0.3) is 0 Å². The van der Waals surface area contributed by atoms with Gasteiger partial charge in [0.1, 0.15) is 0 Å². The SMILES string of the molecule is c1ccc(C23c4ccccc4-c4ccc5c(c42)c2c4c3cccc4ccc2n5-c2ccc3ccccc3c2)cc1. The van der Waals surface area contributed by atoms with Crippen molar-refractivity contribution in [2.75, 3.05) is 0 Å². The van der Waals surface area contributed by atoms with E-state index < -0.39 is 0 Å². The molecule has 40 heavy (non-hydrogen) atoms. The van der Waals surface area contributed by atoms with E-state index in [1.54, 1.807) is 0 Å². The topological polar surface area (TPSA) is 4.93 Å².